The Bertz CT molecular complexity index is 873. The van der Waals surface area contributed by atoms with Gasteiger partial charge in [-0.1, -0.05) is 48.5 Å². The number of pyridine rings is 1. The third kappa shape index (κ3) is 3.03. The number of hydrogen-bond acceptors (Lipinski definition) is 3. The van der Waals surface area contributed by atoms with E-state index in [1.54, 1.807) is 0 Å². The van der Waals surface area contributed by atoms with Crippen LogP contribution in [0.1, 0.15) is 34.7 Å². The number of fused-ring (bicyclic) bond motifs is 1. The first-order chi connectivity index (χ1) is 12.2. The normalized spacial score (nSPS) is 14.9. The Balaban J connectivity index is 1.67. The SMILES string of the molecule is Cc1cc(N2CCCc3ccccc32)ncc1C(N)c1ccccc1. The summed E-state index contributed by atoms with van der Waals surface area (Å²) in [7, 11) is 0. The van der Waals surface area contributed by atoms with Gasteiger partial charge in [0, 0.05) is 18.4 Å². The Labute approximate surface area is 149 Å². The number of anilines is 2. The summed E-state index contributed by atoms with van der Waals surface area (Å²) in [5.41, 5.74) is 12.5. The molecule has 1 aromatic heterocycles. The quantitative estimate of drug-likeness (QED) is 0.768. The molecule has 1 unspecified atom stereocenters. The van der Waals surface area contributed by atoms with Crippen LogP contribution >= 0.6 is 0 Å². The molecule has 0 saturated carbocycles. The Morgan fingerprint density at radius 3 is 2.60 bits per heavy atom. The lowest BCUT2D eigenvalue weighted by atomic mass is 9.97. The van der Waals surface area contributed by atoms with E-state index in [-0.39, 0.29) is 6.04 Å². The van der Waals surface area contributed by atoms with Crippen molar-refractivity contribution in [3.8, 4) is 0 Å². The van der Waals surface area contributed by atoms with Gasteiger partial charge in [0.1, 0.15) is 5.82 Å². The van der Waals surface area contributed by atoms with Crippen LogP contribution in [0, 0.1) is 6.92 Å². The average molecular weight is 329 g/mol. The molecule has 0 fully saturated rings. The Morgan fingerprint density at radius 2 is 1.80 bits per heavy atom. The molecule has 2 aromatic carbocycles. The molecule has 4 rings (SSSR count). The number of nitrogens with zero attached hydrogens (tertiary/aromatic N) is 2. The minimum Gasteiger partial charge on any atom is -0.326 e. The van der Waals surface area contributed by atoms with Crippen LogP contribution in [0.25, 0.3) is 0 Å². The van der Waals surface area contributed by atoms with E-state index in [4.69, 9.17) is 10.7 Å². The smallest absolute Gasteiger partial charge is 0.133 e. The topological polar surface area (TPSA) is 42.2 Å². The molecule has 3 aromatic rings. The number of nitrogens with two attached hydrogens (primary N) is 1. The Hall–Kier alpha value is -2.65. The number of aryl methyl sites for hydroxylation is 2. The molecule has 1 atom stereocenters. The van der Waals surface area contributed by atoms with Crippen molar-refractivity contribution in [1.29, 1.82) is 0 Å². The van der Waals surface area contributed by atoms with Gasteiger partial charge >= 0.3 is 0 Å². The maximum Gasteiger partial charge on any atom is 0.133 e. The molecule has 25 heavy (non-hydrogen) atoms. The number of hydrogen-bond donors (Lipinski definition) is 1. The van der Waals surface area contributed by atoms with Crippen LogP contribution in [0.4, 0.5) is 11.5 Å². The lowest BCUT2D eigenvalue weighted by Gasteiger charge is -2.31. The van der Waals surface area contributed by atoms with Crippen LogP contribution < -0.4 is 10.6 Å². The van der Waals surface area contributed by atoms with Gasteiger partial charge in [0.15, 0.2) is 0 Å². The zero-order valence-corrected chi connectivity index (χ0v) is 14.5. The third-order valence-corrected chi connectivity index (χ3v) is 5.02. The molecular formula is C22H23N3. The van der Waals surface area contributed by atoms with Gasteiger partial charge in [-0.25, -0.2) is 4.98 Å². The predicted molar refractivity (Wildman–Crippen MR) is 103 cm³/mol. The van der Waals surface area contributed by atoms with Gasteiger partial charge in [0.25, 0.3) is 0 Å². The molecule has 0 radical (unpaired) electrons. The van der Waals surface area contributed by atoms with Gasteiger partial charge in [-0.2, -0.15) is 0 Å². The molecular weight excluding hydrogens is 306 g/mol. The second-order valence-corrected chi connectivity index (χ2v) is 6.67. The zero-order chi connectivity index (χ0) is 17.2. The van der Waals surface area contributed by atoms with Crippen LogP contribution in [-0.4, -0.2) is 11.5 Å². The molecule has 2 heterocycles. The highest BCUT2D eigenvalue weighted by Gasteiger charge is 2.20. The van der Waals surface area contributed by atoms with Crippen molar-refractivity contribution in [3.63, 3.8) is 0 Å². The van der Waals surface area contributed by atoms with Gasteiger partial charge in [-0.3, -0.25) is 0 Å². The van der Waals surface area contributed by atoms with Gasteiger partial charge in [-0.15, -0.1) is 0 Å². The molecule has 3 heteroatoms. The van der Waals surface area contributed by atoms with Gasteiger partial charge in [0.2, 0.25) is 0 Å². The molecule has 1 aliphatic heterocycles. The second-order valence-electron chi connectivity index (χ2n) is 6.67. The first kappa shape index (κ1) is 15.9. The van der Waals surface area contributed by atoms with E-state index in [1.165, 1.54) is 16.8 Å². The number of para-hydroxylation sites is 1. The van der Waals surface area contributed by atoms with Crippen LogP contribution in [-0.2, 0) is 6.42 Å². The summed E-state index contributed by atoms with van der Waals surface area (Å²) in [4.78, 5) is 7.08. The van der Waals surface area contributed by atoms with Crippen molar-refractivity contribution in [2.45, 2.75) is 25.8 Å². The molecule has 0 saturated heterocycles. The van der Waals surface area contributed by atoms with E-state index in [0.717, 1.165) is 36.3 Å². The Kier molecular flexibility index (Phi) is 4.24. The summed E-state index contributed by atoms with van der Waals surface area (Å²) in [5.74, 6) is 1.01. The molecule has 0 spiro atoms. The molecule has 2 N–H and O–H groups in total. The van der Waals surface area contributed by atoms with E-state index >= 15 is 0 Å². The molecule has 0 aliphatic carbocycles. The van der Waals surface area contributed by atoms with E-state index in [2.05, 4.69) is 54.3 Å². The predicted octanol–water partition coefficient (Wildman–Crippen LogP) is 4.52. The average Bonchev–Trinajstić information content (AvgIpc) is 2.67. The second kappa shape index (κ2) is 6.69. The summed E-state index contributed by atoms with van der Waals surface area (Å²) < 4.78 is 0. The highest BCUT2D eigenvalue weighted by Crippen LogP contribution is 2.33. The molecule has 3 nitrogen and oxygen atoms in total. The van der Waals surface area contributed by atoms with Crippen molar-refractivity contribution < 1.29 is 0 Å². The maximum absolute atomic E-state index is 6.47. The summed E-state index contributed by atoms with van der Waals surface area (Å²) in [6.07, 6.45) is 4.24. The standard InChI is InChI=1S/C22H23N3/c1-16-14-21(25-13-7-11-17-8-5-6-12-20(17)25)24-15-19(16)22(23)18-9-3-2-4-10-18/h2-6,8-10,12,14-15,22H,7,11,13,23H2,1H3. The fraction of sp³-hybridized carbons (Fsp3) is 0.227. The highest BCUT2D eigenvalue weighted by atomic mass is 15.2. The van der Waals surface area contributed by atoms with Crippen molar-refractivity contribution in [2.75, 3.05) is 11.4 Å². The fourth-order valence-corrected chi connectivity index (χ4v) is 3.64. The van der Waals surface area contributed by atoms with Gasteiger partial charge in [0.05, 0.1) is 6.04 Å². The summed E-state index contributed by atoms with van der Waals surface area (Å²) in [6, 6.07) is 20.8. The van der Waals surface area contributed by atoms with Crippen LogP contribution in [0.5, 0.6) is 0 Å². The first-order valence-electron chi connectivity index (χ1n) is 8.86. The minimum absolute atomic E-state index is 0.142. The molecule has 0 amide bonds. The van der Waals surface area contributed by atoms with Gasteiger partial charge in [-0.05, 0) is 54.2 Å². The lowest BCUT2D eigenvalue weighted by molar-refractivity contribution is 0.757. The van der Waals surface area contributed by atoms with Crippen molar-refractivity contribution in [2.24, 2.45) is 5.73 Å². The zero-order valence-electron chi connectivity index (χ0n) is 14.5. The van der Waals surface area contributed by atoms with E-state index in [9.17, 15) is 0 Å². The number of benzene rings is 2. The van der Waals surface area contributed by atoms with Crippen LogP contribution in [0.15, 0.2) is 66.9 Å². The Morgan fingerprint density at radius 1 is 1.04 bits per heavy atom. The maximum atomic E-state index is 6.47. The minimum atomic E-state index is -0.142. The van der Waals surface area contributed by atoms with E-state index in [0.29, 0.717) is 0 Å². The largest absolute Gasteiger partial charge is 0.326 e. The fourth-order valence-electron chi connectivity index (χ4n) is 3.64. The summed E-state index contributed by atoms with van der Waals surface area (Å²) in [6.45, 7) is 3.13. The van der Waals surface area contributed by atoms with Crippen molar-refractivity contribution in [1.82, 2.24) is 4.98 Å². The summed E-state index contributed by atoms with van der Waals surface area (Å²) in [5, 5.41) is 0. The van der Waals surface area contributed by atoms with E-state index in [1.807, 2.05) is 24.4 Å². The van der Waals surface area contributed by atoms with Gasteiger partial charge < -0.3 is 10.6 Å². The lowest BCUT2D eigenvalue weighted by Crippen LogP contribution is -2.25. The highest BCUT2D eigenvalue weighted by molar-refractivity contribution is 5.66. The molecule has 0 bridgehead atoms. The van der Waals surface area contributed by atoms with Crippen molar-refractivity contribution >= 4 is 11.5 Å². The monoisotopic (exact) mass is 329 g/mol. The van der Waals surface area contributed by atoms with E-state index < -0.39 is 0 Å². The third-order valence-electron chi connectivity index (χ3n) is 5.02. The molecule has 126 valence electrons. The van der Waals surface area contributed by atoms with Crippen LogP contribution in [0.3, 0.4) is 0 Å². The first-order valence-corrected chi connectivity index (χ1v) is 8.86. The number of aromatic nitrogens is 1. The summed E-state index contributed by atoms with van der Waals surface area (Å²) >= 11 is 0. The number of rotatable bonds is 3. The van der Waals surface area contributed by atoms with Crippen LogP contribution in [0.2, 0.25) is 0 Å². The molecule has 1 aliphatic rings. The van der Waals surface area contributed by atoms with Crippen molar-refractivity contribution in [3.05, 3.63) is 89.1 Å².